The van der Waals surface area contributed by atoms with E-state index in [0.717, 1.165) is 41.3 Å². The first-order valence-corrected chi connectivity index (χ1v) is 11.2. The number of benzene rings is 3. The first-order chi connectivity index (χ1) is 15.3. The van der Waals surface area contributed by atoms with Crippen LogP contribution in [0.5, 0.6) is 0 Å². The molecule has 0 unspecified atom stereocenters. The molecule has 0 atom stereocenters. The number of carbonyl (C=O) groups excluding carboxylic acids is 1. The fourth-order valence-electron chi connectivity index (χ4n) is 4.23. The summed E-state index contributed by atoms with van der Waals surface area (Å²) in [5, 5.41) is 4.98. The molecular formula is C27H30N2O2. The van der Waals surface area contributed by atoms with Crippen LogP contribution in [0.3, 0.4) is 0 Å². The maximum atomic E-state index is 11.7. The highest BCUT2D eigenvalue weighted by molar-refractivity contribution is 5.82. The lowest BCUT2D eigenvalue weighted by atomic mass is 9.89. The van der Waals surface area contributed by atoms with Gasteiger partial charge >= 0.3 is 0 Å². The van der Waals surface area contributed by atoms with Crippen LogP contribution >= 0.6 is 0 Å². The Morgan fingerprint density at radius 3 is 2.48 bits per heavy atom. The molecule has 1 N–H and O–H groups in total. The summed E-state index contributed by atoms with van der Waals surface area (Å²) in [4.78, 5) is 17.5. The van der Waals surface area contributed by atoms with Crippen LogP contribution < -0.4 is 10.4 Å². The van der Waals surface area contributed by atoms with Crippen LogP contribution in [0.15, 0.2) is 78.9 Å². The zero-order chi connectivity index (χ0) is 21.3. The van der Waals surface area contributed by atoms with Crippen molar-refractivity contribution in [3.8, 4) is 11.1 Å². The molecule has 1 aliphatic carbocycles. The van der Waals surface area contributed by atoms with Crippen molar-refractivity contribution in [2.45, 2.75) is 38.7 Å². The van der Waals surface area contributed by atoms with Gasteiger partial charge in [0.15, 0.2) is 0 Å². The second-order valence-electron chi connectivity index (χ2n) is 8.17. The zero-order valence-corrected chi connectivity index (χ0v) is 17.9. The number of rotatable bonds is 9. The first-order valence-electron chi connectivity index (χ1n) is 11.2. The predicted octanol–water partition coefficient (Wildman–Crippen LogP) is 6.44. The number of hydrogen-bond acceptors (Lipinski definition) is 3. The van der Waals surface area contributed by atoms with E-state index in [1.54, 1.807) is 0 Å². The third kappa shape index (κ3) is 5.74. The number of hydrogen-bond donors (Lipinski definition) is 1. The number of carbonyl (C=O) groups is 1. The molecule has 4 nitrogen and oxygen atoms in total. The van der Waals surface area contributed by atoms with E-state index in [-0.39, 0.29) is 0 Å². The van der Waals surface area contributed by atoms with Crippen LogP contribution in [0.25, 0.3) is 11.1 Å². The monoisotopic (exact) mass is 414 g/mol. The van der Waals surface area contributed by atoms with E-state index in [9.17, 15) is 4.79 Å². The highest BCUT2D eigenvalue weighted by Crippen LogP contribution is 2.32. The van der Waals surface area contributed by atoms with Crippen molar-refractivity contribution in [3.63, 3.8) is 0 Å². The van der Waals surface area contributed by atoms with E-state index in [2.05, 4.69) is 35.6 Å². The SMILES string of the molecule is O=CN(OCc1ccccc1)c1cccc(-c2ccccc2NCC2CCCCC2)c1. The van der Waals surface area contributed by atoms with E-state index in [0.29, 0.717) is 12.3 Å². The average Bonchev–Trinajstić information content (AvgIpc) is 2.85. The first kappa shape index (κ1) is 21.1. The Bertz CT molecular complexity index is 968. The number of amides is 1. The molecule has 3 aromatic carbocycles. The van der Waals surface area contributed by atoms with E-state index in [1.807, 2.05) is 48.5 Å². The fraction of sp³-hybridized carbons (Fsp3) is 0.296. The van der Waals surface area contributed by atoms with Crippen molar-refractivity contribution < 1.29 is 9.63 Å². The van der Waals surface area contributed by atoms with Crippen LogP contribution in [-0.2, 0) is 16.2 Å². The molecule has 0 bridgehead atoms. The Hall–Kier alpha value is -3.11. The number of nitrogens with one attached hydrogen (secondary N) is 1. The van der Waals surface area contributed by atoms with Gasteiger partial charge in [-0.25, -0.2) is 0 Å². The van der Waals surface area contributed by atoms with Gasteiger partial charge in [-0.2, -0.15) is 5.06 Å². The molecule has 1 fully saturated rings. The number of para-hydroxylation sites is 1. The lowest BCUT2D eigenvalue weighted by Gasteiger charge is -2.23. The molecule has 160 valence electrons. The Morgan fingerprint density at radius 2 is 1.68 bits per heavy atom. The number of nitrogens with zero attached hydrogens (tertiary/aromatic N) is 1. The minimum absolute atomic E-state index is 0.337. The summed E-state index contributed by atoms with van der Waals surface area (Å²) in [5.41, 5.74) is 5.05. The highest BCUT2D eigenvalue weighted by Gasteiger charge is 2.14. The number of hydroxylamine groups is 1. The summed E-state index contributed by atoms with van der Waals surface area (Å²) in [6.45, 7) is 1.35. The van der Waals surface area contributed by atoms with E-state index in [1.165, 1.54) is 37.2 Å². The normalized spacial score (nSPS) is 14.2. The van der Waals surface area contributed by atoms with Crippen molar-refractivity contribution in [3.05, 3.63) is 84.4 Å². The minimum Gasteiger partial charge on any atom is -0.384 e. The van der Waals surface area contributed by atoms with Crippen LogP contribution in [-0.4, -0.2) is 13.0 Å². The van der Waals surface area contributed by atoms with E-state index < -0.39 is 0 Å². The summed E-state index contributed by atoms with van der Waals surface area (Å²) < 4.78 is 0. The van der Waals surface area contributed by atoms with Gasteiger partial charge < -0.3 is 5.32 Å². The topological polar surface area (TPSA) is 41.6 Å². The highest BCUT2D eigenvalue weighted by atomic mass is 16.7. The maximum Gasteiger partial charge on any atom is 0.238 e. The van der Waals surface area contributed by atoms with Gasteiger partial charge in [-0.15, -0.1) is 0 Å². The van der Waals surface area contributed by atoms with Crippen molar-refractivity contribution in [1.29, 1.82) is 0 Å². The summed E-state index contributed by atoms with van der Waals surface area (Å²) in [5.74, 6) is 0.755. The van der Waals surface area contributed by atoms with Crippen LogP contribution in [0.2, 0.25) is 0 Å². The quantitative estimate of drug-likeness (QED) is 0.323. The van der Waals surface area contributed by atoms with E-state index in [4.69, 9.17) is 4.84 Å². The van der Waals surface area contributed by atoms with Crippen LogP contribution in [0.1, 0.15) is 37.7 Å². The fourth-order valence-corrected chi connectivity index (χ4v) is 4.23. The second-order valence-corrected chi connectivity index (χ2v) is 8.17. The predicted molar refractivity (Wildman–Crippen MR) is 127 cm³/mol. The van der Waals surface area contributed by atoms with E-state index >= 15 is 0 Å². The Balaban J connectivity index is 1.48. The molecule has 0 heterocycles. The lowest BCUT2D eigenvalue weighted by Crippen LogP contribution is -2.21. The molecule has 1 amide bonds. The summed E-state index contributed by atoms with van der Waals surface area (Å²) in [6, 6.07) is 26.1. The smallest absolute Gasteiger partial charge is 0.238 e. The summed E-state index contributed by atoms with van der Waals surface area (Å²) >= 11 is 0. The largest absolute Gasteiger partial charge is 0.384 e. The summed E-state index contributed by atoms with van der Waals surface area (Å²) in [6.07, 6.45) is 7.42. The van der Waals surface area contributed by atoms with Gasteiger partial charge in [0.05, 0.1) is 5.69 Å². The molecule has 1 saturated carbocycles. The van der Waals surface area contributed by atoms with Gasteiger partial charge in [0.1, 0.15) is 6.61 Å². The standard InChI is InChI=1S/C27H30N2O2/c30-21-29(31-20-23-12-5-2-6-13-23)25-15-9-14-24(18-25)26-16-7-8-17-27(26)28-19-22-10-3-1-4-11-22/h2,5-9,12-18,21-22,28H,1,3-4,10-11,19-20H2. The van der Waals surface area contributed by atoms with Gasteiger partial charge in [0.2, 0.25) is 6.41 Å². The zero-order valence-electron chi connectivity index (χ0n) is 17.9. The summed E-state index contributed by atoms with van der Waals surface area (Å²) in [7, 11) is 0. The van der Waals surface area contributed by atoms with Gasteiger partial charge in [-0.1, -0.05) is 79.9 Å². The Kier molecular flexibility index (Phi) is 7.35. The molecule has 1 aliphatic rings. The molecule has 3 aromatic rings. The minimum atomic E-state index is 0.337. The Labute approximate surface area is 184 Å². The van der Waals surface area contributed by atoms with Crippen molar-refractivity contribution in [2.75, 3.05) is 16.9 Å². The van der Waals surface area contributed by atoms with Crippen molar-refractivity contribution in [1.82, 2.24) is 0 Å². The lowest BCUT2D eigenvalue weighted by molar-refractivity contribution is -0.114. The van der Waals surface area contributed by atoms with Gasteiger partial charge in [-0.3, -0.25) is 9.63 Å². The Morgan fingerprint density at radius 1 is 0.903 bits per heavy atom. The molecule has 0 aliphatic heterocycles. The molecule has 0 saturated heterocycles. The molecule has 4 rings (SSSR count). The third-order valence-corrected chi connectivity index (χ3v) is 5.95. The van der Waals surface area contributed by atoms with Gasteiger partial charge in [0, 0.05) is 17.8 Å². The van der Waals surface area contributed by atoms with Crippen molar-refractivity contribution >= 4 is 17.8 Å². The third-order valence-electron chi connectivity index (χ3n) is 5.95. The maximum absolute atomic E-state index is 11.7. The molecular weight excluding hydrogens is 384 g/mol. The van der Waals surface area contributed by atoms with Crippen LogP contribution in [0.4, 0.5) is 11.4 Å². The second kappa shape index (κ2) is 10.8. The van der Waals surface area contributed by atoms with Gasteiger partial charge in [-0.05, 0) is 48.1 Å². The van der Waals surface area contributed by atoms with Crippen LogP contribution in [0, 0.1) is 5.92 Å². The van der Waals surface area contributed by atoms with Crippen molar-refractivity contribution in [2.24, 2.45) is 5.92 Å². The number of anilines is 2. The molecule has 0 spiro atoms. The molecule has 31 heavy (non-hydrogen) atoms. The molecule has 0 aromatic heterocycles. The molecule has 0 radical (unpaired) electrons. The average molecular weight is 415 g/mol. The molecule has 4 heteroatoms. The van der Waals surface area contributed by atoms with Gasteiger partial charge in [0.25, 0.3) is 0 Å².